The summed E-state index contributed by atoms with van der Waals surface area (Å²) in [7, 11) is 0. The number of benzene rings is 3. The molecular weight excluding hydrogens is 382 g/mol. The molecule has 1 aliphatic carbocycles. The molecule has 4 rings (SSSR count). The Morgan fingerprint density at radius 1 is 1.04 bits per heavy atom. The highest BCUT2D eigenvalue weighted by Gasteiger charge is 2.20. The lowest BCUT2D eigenvalue weighted by Crippen LogP contribution is -2.02. The number of carbonyl (C=O) groups is 1. The van der Waals surface area contributed by atoms with Crippen molar-refractivity contribution in [3.63, 3.8) is 0 Å². The molecule has 0 spiro atoms. The van der Waals surface area contributed by atoms with Gasteiger partial charge < -0.3 is 10.8 Å². The maximum atomic E-state index is 11.8. The van der Waals surface area contributed by atoms with Gasteiger partial charge in [-0.3, -0.25) is 0 Å². The van der Waals surface area contributed by atoms with E-state index >= 15 is 0 Å². The van der Waals surface area contributed by atoms with Crippen molar-refractivity contribution in [1.29, 1.82) is 0 Å². The van der Waals surface area contributed by atoms with Crippen LogP contribution in [0.25, 0.3) is 31.7 Å². The van der Waals surface area contributed by atoms with Gasteiger partial charge in [-0.1, -0.05) is 24.4 Å². The van der Waals surface area contributed by atoms with Crippen molar-refractivity contribution >= 4 is 57.9 Å². The van der Waals surface area contributed by atoms with Crippen molar-refractivity contribution in [2.45, 2.75) is 4.90 Å². The number of hydrogen-bond acceptors (Lipinski definition) is 5. The van der Waals surface area contributed by atoms with Crippen LogP contribution in [0.15, 0.2) is 59.5 Å². The summed E-state index contributed by atoms with van der Waals surface area (Å²) in [5.41, 5.74) is 9.12. The van der Waals surface area contributed by atoms with Crippen LogP contribution in [0, 0.1) is 4.51 Å². The van der Waals surface area contributed by atoms with Crippen molar-refractivity contribution in [2.24, 2.45) is 0 Å². The Morgan fingerprint density at radius 2 is 1.85 bits per heavy atom. The minimum Gasteiger partial charge on any atom is -0.478 e. The van der Waals surface area contributed by atoms with E-state index in [0.29, 0.717) is 11.3 Å². The number of hydrogen-bond donors (Lipinski definition) is 3. The van der Waals surface area contributed by atoms with Crippen molar-refractivity contribution in [3.8, 4) is 21.6 Å². The summed E-state index contributed by atoms with van der Waals surface area (Å²) in [5.74, 6) is -0.987. The summed E-state index contributed by atoms with van der Waals surface area (Å²) in [6.45, 7) is 0. The molecule has 0 atom stereocenters. The molecule has 0 fully saturated rings. The van der Waals surface area contributed by atoms with Crippen LogP contribution in [0.2, 0.25) is 0 Å². The van der Waals surface area contributed by atoms with E-state index in [4.69, 9.17) is 18.0 Å². The summed E-state index contributed by atoms with van der Waals surface area (Å²) in [6, 6.07) is 16.5. The zero-order valence-corrected chi connectivity index (χ0v) is 15.9. The van der Waals surface area contributed by atoms with Gasteiger partial charge in [-0.2, -0.15) is 0 Å². The van der Waals surface area contributed by atoms with Crippen molar-refractivity contribution in [1.82, 2.24) is 0 Å². The number of rotatable bonds is 2. The van der Waals surface area contributed by atoms with Gasteiger partial charge in [-0.25, -0.2) is 4.79 Å². The van der Waals surface area contributed by atoms with Crippen molar-refractivity contribution in [2.75, 3.05) is 5.73 Å². The molecule has 0 bridgehead atoms. The second-order valence-electron chi connectivity index (χ2n) is 5.93. The second kappa shape index (κ2) is 6.39. The van der Waals surface area contributed by atoms with E-state index in [0.717, 1.165) is 35.5 Å². The van der Waals surface area contributed by atoms with Crippen LogP contribution in [0.4, 0.5) is 5.69 Å². The fraction of sp³-hybridized carbons (Fsp3) is 0. The Hall–Kier alpha value is -2.41. The normalized spacial score (nSPS) is 11.1. The molecule has 3 nitrogen and oxygen atoms in total. The Kier molecular flexibility index (Phi) is 4.19. The molecular formula is C20H13NO2S3. The number of nitrogen functional groups attached to an aromatic ring is 1. The molecule has 0 saturated carbocycles. The number of fused-ring (bicyclic) bond motifs is 2. The Balaban J connectivity index is 2.23. The first kappa shape index (κ1) is 17.0. The van der Waals surface area contributed by atoms with Crippen LogP contribution in [0.1, 0.15) is 10.4 Å². The number of thiol groups is 1. The van der Waals surface area contributed by atoms with E-state index in [1.54, 1.807) is 29.5 Å². The second-order valence-corrected chi connectivity index (χ2v) is 8.00. The van der Waals surface area contributed by atoms with Crippen molar-refractivity contribution in [3.05, 3.63) is 64.7 Å². The van der Waals surface area contributed by atoms with E-state index in [1.807, 2.05) is 36.4 Å². The number of nitrogens with two attached hydrogens (primary N) is 1. The number of carboxylic acid groups (broad SMARTS) is 1. The van der Waals surface area contributed by atoms with Gasteiger partial charge in [0.1, 0.15) is 0 Å². The molecule has 6 heteroatoms. The number of anilines is 1. The highest BCUT2D eigenvalue weighted by Crippen LogP contribution is 2.45. The Morgan fingerprint density at radius 3 is 2.62 bits per heavy atom. The molecule has 128 valence electrons. The zero-order valence-electron chi connectivity index (χ0n) is 13.4. The molecule has 1 heterocycles. The van der Waals surface area contributed by atoms with E-state index in [9.17, 15) is 9.90 Å². The average Bonchev–Trinajstić information content (AvgIpc) is 2.59. The summed E-state index contributed by atoms with van der Waals surface area (Å²) >= 11 is 11.4. The third-order valence-electron chi connectivity index (χ3n) is 4.22. The standard InChI is InChI=1S/C20H13NO2S3/c21-10-1-4-13(20(22)23)16(7-10)19-14-5-2-11(24)8-17(14)26-18-9-12(25)3-6-15(18)19/h1-9,24H,21H2,(H,22,23). The van der Waals surface area contributed by atoms with Gasteiger partial charge in [-0.15, -0.1) is 24.0 Å². The van der Waals surface area contributed by atoms with Crippen LogP contribution in [0.5, 0.6) is 0 Å². The van der Waals surface area contributed by atoms with Crippen LogP contribution < -0.4 is 5.73 Å². The molecule has 2 aliphatic rings. The fourth-order valence-electron chi connectivity index (χ4n) is 3.10. The predicted octanol–water partition coefficient (Wildman–Crippen LogP) is 5.97. The van der Waals surface area contributed by atoms with Crippen LogP contribution in [-0.2, 0) is 0 Å². The van der Waals surface area contributed by atoms with Gasteiger partial charge in [0.05, 0.1) is 5.56 Å². The van der Waals surface area contributed by atoms with Crippen LogP contribution in [0.3, 0.4) is 0 Å². The molecule has 0 radical (unpaired) electrons. The molecule has 0 unspecified atom stereocenters. The zero-order chi connectivity index (χ0) is 18.4. The Bertz CT molecular complexity index is 1210. The maximum Gasteiger partial charge on any atom is 0.336 e. The largest absolute Gasteiger partial charge is 0.478 e. The van der Waals surface area contributed by atoms with Gasteiger partial charge in [-0.05, 0) is 53.6 Å². The molecule has 0 amide bonds. The number of aromatic carboxylic acids is 1. The molecule has 1 aliphatic heterocycles. The van der Waals surface area contributed by atoms with Crippen LogP contribution in [-0.4, -0.2) is 11.1 Å². The minimum absolute atomic E-state index is 0.218. The smallest absolute Gasteiger partial charge is 0.336 e. The molecule has 0 aromatic heterocycles. The quantitative estimate of drug-likeness (QED) is 0.169. The first-order chi connectivity index (χ1) is 12.4. The summed E-state index contributed by atoms with van der Waals surface area (Å²) in [4.78, 5) is 13.7. The third kappa shape index (κ3) is 2.86. The highest BCUT2D eigenvalue weighted by atomic mass is 32.1. The van der Waals surface area contributed by atoms with Gasteiger partial charge in [0.2, 0.25) is 0 Å². The molecule has 26 heavy (non-hydrogen) atoms. The Labute approximate surface area is 164 Å². The molecule has 3 N–H and O–H groups in total. The first-order valence-corrected chi connectivity index (χ1v) is 9.44. The lowest BCUT2D eigenvalue weighted by Gasteiger charge is -2.17. The first-order valence-electron chi connectivity index (χ1n) is 7.77. The molecule has 2 aromatic carbocycles. The lowest BCUT2D eigenvalue weighted by molar-refractivity contribution is 0.0698. The average molecular weight is 396 g/mol. The SMILES string of the molecule is Nc1ccc(C(=O)O)c(-c2c3ccc(=S)cc-3sc3cc(S)ccc23)c1. The maximum absolute atomic E-state index is 11.8. The van der Waals surface area contributed by atoms with Crippen LogP contribution >= 0.6 is 36.2 Å². The third-order valence-corrected chi connectivity index (χ3v) is 5.87. The van der Waals surface area contributed by atoms with E-state index in [1.165, 1.54) is 0 Å². The van der Waals surface area contributed by atoms with Gasteiger partial charge in [0.25, 0.3) is 0 Å². The van der Waals surface area contributed by atoms with E-state index in [2.05, 4.69) is 12.6 Å². The van der Waals surface area contributed by atoms with Gasteiger partial charge >= 0.3 is 5.97 Å². The highest BCUT2D eigenvalue weighted by molar-refractivity contribution is 7.80. The fourth-order valence-corrected chi connectivity index (χ4v) is 4.82. The molecule has 2 aromatic rings. The topological polar surface area (TPSA) is 63.3 Å². The van der Waals surface area contributed by atoms with Gasteiger partial charge in [0, 0.05) is 35.6 Å². The minimum atomic E-state index is -0.987. The van der Waals surface area contributed by atoms with E-state index < -0.39 is 5.97 Å². The molecule has 0 saturated heterocycles. The van der Waals surface area contributed by atoms with Gasteiger partial charge in [0.15, 0.2) is 0 Å². The van der Waals surface area contributed by atoms with E-state index in [-0.39, 0.29) is 5.56 Å². The number of carboxylic acids is 1. The summed E-state index contributed by atoms with van der Waals surface area (Å²) in [6.07, 6.45) is 0. The summed E-state index contributed by atoms with van der Waals surface area (Å²) in [5, 5.41) is 10.6. The lowest BCUT2D eigenvalue weighted by atomic mass is 9.92. The predicted molar refractivity (Wildman–Crippen MR) is 113 cm³/mol. The van der Waals surface area contributed by atoms with Crippen molar-refractivity contribution < 1.29 is 9.90 Å². The monoisotopic (exact) mass is 395 g/mol. The summed E-state index contributed by atoms with van der Waals surface area (Å²) < 4.78 is 1.76.